The normalized spacial score (nSPS) is 20.2. The molecule has 4 nitrogen and oxygen atoms in total. The molecule has 0 bridgehead atoms. The number of hydrogen-bond acceptors (Lipinski definition) is 2. The second kappa shape index (κ2) is 6.63. The fourth-order valence-corrected chi connectivity index (χ4v) is 4.08. The molecular weight excluding hydrogens is 298 g/mol. The van der Waals surface area contributed by atoms with Crippen LogP contribution in [0, 0.1) is 19.3 Å². The van der Waals surface area contributed by atoms with Crippen LogP contribution in [-0.2, 0) is 6.54 Å². The van der Waals surface area contributed by atoms with Crippen LogP contribution in [0.1, 0.15) is 47.9 Å². The predicted molar refractivity (Wildman–Crippen MR) is 91.9 cm³/mol. The van der Waals surface area contributed by atoms with Gasteiger partial charge in [0.25, 0.3) is 5.91 Å². The van der Waals surface area contributed by atoms with Crippen LogP contribution in [-0.4, -0.2) is 41.6 Å². The highest BCUT2D eigenvalue weighted by atomic mass is 35.5. The Hall–Kier alpha value is -1.00. The molecular formula is C17H28ClN3O. The highest BCUT2D eigenvalue weighted by Gasteiger charge is 2.38. The number of aromatic nitrogens is 1. The summed E-state index contributed by atoms with van der Waals surface area (Å²) in [4.78, 5) is 14.9. The maximum absolute atomic E-state index is 12.8. The summed E-state index contributed by atoms with van der Waals surface area (Å²) < 4.78 is 2.22. The van der Waals surface area contributed by atoms with E-state index in [0.29, 0.717) is 5.41 Å². The average Bonchev–Trinajstić information content (AvgIpc) is 3.04. The van der Waals surface area contributed by atoms with Crippen molar-refractivity contribution >= 4 is 18.3 Å². The fraction of sp³-hybridized carbons (Fsp3) is 0.706. The molecule has 0 unspecified atom stereocenters. The third-order valence-corrected chi connectivity index (χ3v) is 5.56. The average molecular weight is 326 g/mol. The summed E-state index contributed by atoms with van der Waals surface area (Å²) in [6.45, 7) is 11.3. The molecule has 2 fully saturated rings. The zero-order valence-corrected chi connectivity index (χ0v) is 14.8. The van der Waals surface area contributed by atoms with Gasteiger partial charge in [-0.3, -0.25) is 4.79 Å². The molecule has 2 aliphatic rings. The Morgan fingerprint density at radius 3 is 2.45 bits per heavy atom. The fourth-order valence-electron chi connectivity index (χ4n) is 4.08. The lowest BCUT2D eigenvalue weighted by Gasteiger charge is -2.38. The summed E-state index contributed by atoms with van der Waals surface area (Å²) in [5.74, 6) is 0.226. The third kappa shape index (κ3) is 2.91. The van der Waals surface area contributed by atoms with E-state index in [2.05, 4.69) is 41.6 Å². The highest BCUT2D eigenvalue weighted by molar-refractivity contribution is 5.95. The van der Waals surface area contributed by atoms with E-state index in [1.807, 2.05) is 0 Å². The van der Waals surface area contributed by atoms with Gasteiger partial charge in [0, 0.05) is 37.6 Å². The molecule has 3 rings (SSSR count). The van der Waals surface area contributed by atoms with Crippen LogP contribution in [0.25, 0.3) is 0 Å². The lowest BCUT2D eigenvalue weighted by atomic mass is 9.78. The zero-order valence-electron chi connectivity index (χ0n) is 13.9. The van der Waals surface area contributed by atoms with Gasteiger partial charge in [0.05, 0.1) is 5.56 Å². The number of likely N-dealkylation sites (tertiary alicyclic amines) is 1. The first-order valence-corrected chi connectivity index (χ1v) is 8.23. The molecule has 2 aliphatic heterocycles. The van der Waals surface area contributed by atoms with Gasteiger partial charge in [-0.05, 0) is 58.1 Å². The lowest BCUT2D eigenvalue weighted by molar-refractivity contribution is 0.0607. The first kappa shape index (κ1) is 17.4. The molecule has 0 atom stereocenters. The quantitative estimate of drug-likeness (QED) is 0.908. The van der Waals surface area contributed by atoms with Crippen molar-refractivity contribution in [2.24, 2.45) is 5.41 Å². The van der Waals surface area contributed by atoms with Gasteiger partial charge >= 0.3 is 0 Å². The van der Waals surface area contributed by atoms with E-state index in [9.17, 15) is 4.79 Å². The van der Waals surface area contributed by atoms with Crippen LogP contribution in [0.15, 0.2) is 6.07 Å². The molecule has 0 aromatic carbocycles. The first-order valence-electron chi connectivity index (χ1n) is 8.23. The van der Waals surface area contributed by atoms with Crippen LogP contribution in [0.5, 0.6) is 0 Å². The maximum atomic E-state index is 12.8. The van der Waals surface area contributed by atoms with Gasteiger partial charge in [-0.2, -0.15) is 0 Å². The van der Waals surface area contributed by atoms with Gasteiger partial charge in [0.1, 0.15) is 0 Å². The predicted octanol–water partition coefficient (Wildman–Crippen LogP) is 2.76. The molecule has 124 valence electrons. The molecule has 5 heteroatoms. The second-order valence-electron chi connectivity index (χ2n) is 6.75. The van der Waals surface area contributed by atoms with Crippen molar-refractivity contribution < 1.29 is 4.79 Å². The Morgan fingerprint density at radius 2 is 1.95 bits per heavy atom. The minimum Gasteiger partial charge on any atom is -0.349 e. The molecule has 1 amide bonds. The number of carbonyl (C=O) groups excluding carboxylic acids is 1. The van der Waals surface area contributed by atoms with Crippen molar-refractivity contribution in [2.45, 2.75) is 46.6 Å². The first-order chi connectivity index (χ1) is 10.1. The Kier molecular flexibility index (Phi) is 5.23. The number of amides is 1. The van der Waals surface area contributed by atoms with Gasteiger partial charge in [0.2, 0.25) is 0 Å². The largest absolute Gasteiger partial charge is 0.349 e. The van der Waals surface area contributed by atoms with Crippen molar-refractivity contribution in [3.63, 3.8) is 0 Å². The van der Waals surface area contributed by atoms with Gasteiger partial charge in [0.15, 0.2) is 0 Å². The van der Waals surface area contributed by atoms with E-state index in [1.54, 1.807) is 0 Å². The van der Waals surface area contributed by atoms with E-state index >= 15 is 0 Å². The Bertz CT molecular complexity index is 536. The number of nitrogens with one attached hydrogen (secondary N) is 1. The summed E-state index contributed by atoms with van der Waals surface area (Å²) >= 11 is 0. The smallest absolute Gasteiger partial charge is 0.255 e. The van der Waals surface area contributed by atoms with Crippen molar-refractivity contribution in [2.75, 3.05) is 26.2 Å². The molecule has 1 spiro atoms. The Morgan fingerprint density at radius 1 is 1.27 bits per heavy atom. The van der Waals surface area contributed by atoms with Gasteiger partial charge in [-0.1, -0.05) is 0 Å². The highest BCUT2D eigenvalue weighted by Crippen LogP contribution is 2.37. The standard InChI is InChI=1S/C17H27N3O.ClH/c1-4-20-13(2)11-15(14(20)3)16(21)19-9-6-17(7-10-19)5-8-18-12-17;/h11,18H,4-10,12H2,1-3H3;1H. The molecule has 3 heterocycles. The number of nitrogens with zero attached hydrogens (tertiary/aromatic N) is 2. The molecule has 0 saturated carbocycles. The number of piperidine rings is 1. The Labute approximate surface area is 139 Å². The third-order valence-electron chi connectivity index (χ3n) is 5.56. The molecule has 0 aliphatic carbocycles. The summed E-state index contributed by atoms with van der Waals surface area (Å²) in [6.07, 6.45) is 3.58. The van der Waals surface area contributed by atoms with Crippen LogP contribution >= 0.6 is 12.4 Å². The van der Waals surface area contributed by atoms with Crippen molar-refractivity contribution in [1.29, 1.82) is 0 Å². The van der Waals surface area contributed by atoms with E-state index in [0.717, 1.165) is 56.8 Å². The molecule has 1 aromatic heterocycles. The van der Waals surface area contributed by atoms with Gasteiger partial charge in [-0.25, -0.2) is 0 Å². The Balaban J connectivity index is 0.00000176. The zero-order chi connectivity index (χ0) is 15.0. The number of rotatable bonds is 2. The SMILES string of the molecule is CCn1c(C)cc(C(=O)N2CCC3(CCNC3)CC2)c1C.Cl. The van der Waals surface area contributed by atoms with Gasteiger partial charge in [-0.15, -0.1) is 12.4 Å². The van der Waals surface area contributed by atoms with Crippen molar-refractivity contribution in [3.05, 3.63) is 23.0 Å². The maximum Gasteiger partial charge on any atom is 0.255 e. The molecule has 2 saturated heterocycles. The van der Waals surface area contributed by atoms with Crippen molar-refractivity contribution in [1.82, 2.24) is 14.8 Å². The number of carbonyl (C=O) groups is 1. The van der Waals surface area contributed by atoms with E-state index in [1.165, 1.54) is 12.1 Å². The van der Waals surface area contributed by atoms with Crippen LogP contribution in [0.2, 0.25) is 0 Å². The van der Waals surface area contributed by atoms with Crippen LogP contribution in [0.4, 0.5) is 0 Å². The summed E-state index contributed by atoms with van der Waals surface area (Å²) in [6, 6.07) is 2.06. The second-order valence-corrected chi connectivity index (χ2v) is 6.75. The number of hydrogen-bond donors (Lipinski definition) is 1. The van der Waals surface area contributed by atoms with Crippen LogP contribution in [0.3, 0.4) is 0 Å². The summed E-state index contributed by atoms with van der Waals surface area (Å²) in [5, 5.41) is 3.48. The molecule has 22 heavy (non-hydrogen) atoms. The van der Waals surface area contributed by atoms with E-state index in [4.69, 9.17) is 0 Å². The monoisotopic (exact) mass is 325 g/mol. The molecule has 1 aromatic rings. The van der Waals surface area contributed by atoms with E-state index < -0.39 is 0 Å². The minimum atomic E-state index is 0. The van der Waals surface area contributed by atoms with Crippen molar-refractivity contribution in [3.8, 4) is 0 Å². The number of aryl methyl sites for hydroxylation is 1. The summed E-state index contributed by atoms with van der Waals surface area (Å²) in [7, 11) is 0. The number of halogens is 1. The van der Waals surface area contributed by atoms with Gasteiger partial charge < -0.3 is 14.8 Å². The molecule has 1 N–H and O–H groups in total. The van der Waals surface area contributed by atoms with E-state index in [-0.39, 0.29) is 18.3 Å². The van der Waals surface area contributed by atoms with Crippen LogP contribution < -0.4 is 5.32 Å². The molecule has 0 radical (unpaired) electrons. The lowest BCUT2D eigenvalue weighted by Crippen LogP contribution is -2.44. The summed E-state index contributed by atoms with van der Waals surface area (Å²) in [5.41, 5.74) is 3.67. The minimum absolute atomic E-state index is 0. The topological polar surface area (TPSA) is 37.3 Å².